The number of nitrogens with one attached hydrogen (secondary N) is 1. The maximum atomic E-state index is 4.79. The number of rotatable bonds is 0. The quantitative estimate of drug-likeness (QED) is 0.198. The van der Waals surface area contributed by atoms with E-state index < -0.39 is 0 Å². The zero-order valence-corrected chi connectivity index (χ0v) is 8.12. The van der Waals surface area contributed by atoms with E-state index in [-0.39, 0.29) is 32.4 Å². The molecule has 5 N–H and O–H groups in total. The first-order valence-electron chi connectivity index (χ1n) is 1.03. The van der Waals surface area contributed by atoms with Gasteiger partial charge in [0.15, 0.2) is 5.11 Å². The Morgan fingerprint density at radius 3 is 1.83 bits per heavy atom. The molecule has 0 aromatic heterocycles. The fraction of sp³-hybridized carbons (Fsp3) is 0. The van der Waals surface area contributed by atoms with Gasteiger partial charge < -0.3 is 11.2 Å². The molecule has 0 amide bonds. The Bertz CT molecular complexity index is 46.1. The van der Waals surface area contributed by atoms with E-state index in [0.717, 1.165) is 0 Å². The SMILES string of the molecule is NNC(N)=S.[Cd]. The summed E-state index contributed by atoms with van der Waals surface area (Å²) in [5.41, 5.74) is 6.82. The number of hydrogen-bond acceptors (Lipinski definition) is 2. The number of hydrogen-bond donors (Lipinski definition) is 3. The van der Waals surface area contributed by atoms with Gasteiger partial charge in [0, 0.05) is 27.3 Å². The minimum absolute atomic E-state index is 0. The van der Waals surface area contributed by atoms with Crippen molar-refractivity contribution in [3.05, 3.63) is 0 Å². The molecule has 0 saturated carbocycles. The molecular weight excluding hydrogens is 199 g/mol. The molecule has 3 nitrogen and oxygen atoms in total. The van der Waals surface area contributed by atoms with Gasteiger partial charge in [-0.05, 0) is 12.2 Å². The van der Waals surface area contributed by atoms with Crippen molar-refractivity contribution in [2.75, 3.05) is 0 Å². The monoisotopic (exact) mass is 205 g/mol. The summed E-state index contributed by atoms with van der Waals surface area (Å²) in [4.78, 5) is 0. The van der Waals surface area contributed by atoms with Crippen LogP contribution >= 0.6 is 12.2 Å². The minimum atomic E-state index is 0. The molecule has 0 spiro atoms. The van der Waals surface area contributed by atoms with Crippen molar-refractivity contribution in [2.45, 2.75) is 0 Å². The topological polar surface area (TPSA) is 64.1 Å². The van der Waals surface area contributed by atoms with Crippen LogP contribution in [-0.2, 0) is 27.3 Å². The van der Waals surface area contributed by atoms with Gasteiger partial charge in [0.1, 0.15) is 0 Å². The smallest absolute Gasteiger partial charge is 0.177 e. The summed E-state index contributed by atoms with van der Waals surface area (Å²) >= 11 is 4.24. The second-order valence-corrected chi connectivity index (χ2v) is 0.948. The van der Waals surface area contributed by atoms with Crippen molar-refractivity contribution in [2.24, 2.45) is 11.6 Å². The van der Waals surface area contributed by atoms with Crippen LogP contribution < -0.4 is 17.0 Å². The molecule has 6 heavy (non-hydrogen) atoms. The van der Waals surface area contributed by atoms with Crippen LogP contribution in [0.5, 0.6) is 0 Å². The molecule has 0 aromatic carbocycles. The molecule has 0 radical (unpaired) electrons. The van der Waals surface area contributed by atoms with Gasteiger partial charge in [-0.1, -0.05) is 0 Å². The third-order valence-corrected chi connectivity index (χ3v) is 0.260. The van der Waals surface area contributed by atoms with E-state index in [9.17, 15) is 0 Å². The van der Waals surface area contributed by atoms with Gasteiger partial charge in [0.25, 0.3) is 0 Å². The van der Waals surface area contributed by atoms with E-state index in [4.69, 9.17) is 5.73 Å². The van der Waals surface area contributed by atoms with Crippen LogP contribution in [0.4, 0.5) is 0 Å². The third kappa shape index (κ3) is 8.82. The van der Waals surface area contributed by atoms with E-state index >= 15 is 0 Å². The minimum Gasteiger partial charge on any atom is -0.375 e. The Morgan fingerprint density at radius 2 is 1.83 bits per heavy atom. The molecule has 0 rings (SSSR count). The summed E-state index contributed by atoms with van der Waals surface area (Å²) in [7, 11) is 0. The molecule has 0 fully saturated rings. The fourth-order valence-corrected chi connectivity index (χ4v) is 0. The average Bonchev–Trinajstić information content (AvgIpc) is 1.38. The van der Waals surface area contributed by atoms with E-state index in [2.05, 4.69) is 18.1 Å². The molecule has 0 saturated heterocycles. The van der Waals surface area contributed by atoms with Crippen LogP contribution in [0.25, 0.3) is 0 Å². The van der Waals surface area contributed by atoms with Crippen LogP contribution in [0.2, 0.25) is 0 Å². The summed E-state index contributed by atoms with van der Waals surface area (Å²) < 4.78 is 0. The standard InChI is InChI=1S/CH5N3S.Cd/c2-1(5)4-3;/h3H2,(H3,2,4,5);. The second-order valence-electron chi connectivity index (χ2n) is 0.509. The van der Waals surface area contributed by atoms with Crippen LogP contribution in [0.1, 0.15) is 0 Å². The molecule has 0 aliphatic heterocycles. The molecule has 32 valence electrons. The van der Waals surface area contributed by atoms with Crippen molar-refractivity contribution in [1.82, 2.24) is 5.43 Å². The van der Waals surface area contributed by atoms with Gasteiger partial charge in [0.2, 0.25) is 0 Å². The summed E-state index contributed by atoms with van der Waals surface area (Å²) in [5.74, 6) is 4.66. The Hall–Kier alpha value is 0.572. The fourth-order valence-electron chi connectivity index (χ4n) is 0. The predicted octanol–water partition coefficient (Wildman–Crippen LogP) is -1.31. The number of hydrazine groups is 1. The van der Waals surface area contributed by atoms with Gasteiger partial charge in [-0.25, -0.2) is 5.84 Å². The maximum Gasteiger partial charge on any atom is 0.177 e. The molecule has 0 unspecified atom stereocenters. The van der Waals surface area contributed by atoms with Crippen molar-refractivity contribution < 1.29 is 27.3 Å². The van der Waals surface area contributed by atoms with E-state index in [1.165, 1.54) is 0 Å². The first kappa shape index (κ1) is 9.76. The van der Waals surface area contributed by atoms with Gasteiger partial charge in [-0.3, -0.25) is 0 Å². The van der Waals surface area contributed by atoms with Crippen molar-refractivity contribution >= 4 is 17.3 Å². The Labute approximate surface area is 61.6 Å². The van der Waals surface area contributed by atoms with Crippen LogP contribution in [0.3, 0.4) is 0 Å². The van der Waals surface area contributed by atoms with Crippen LogP contribution in [0, 0.1) is 0 Å². The second kappa shape index (κ2) is 5.57. The molecule has 0 aromatic rings. The predicted molar refractivity (Wildman–Crippen MR) is 24.1 cm³/mol. The number of nitrogens with two attached hydrogens (primary N) is 2. The molecule has 0 heterocycles. The van der Waals surface area contributed by atoms with Gasteiger partial charge >= 0.3 is 0 Å². The summed E-state index contributed by atoms with van der Waals surface area (Å²) in [6.07, 6.45) is 0. The zero-order valence-electron chi connectivity index (χ0n) is 3.27. The van der Waals surface area contributed by atoms with Gasteiger partial charge in [0.05, 0.1) is 0 Å². The van der Waals surface area contributed by atoms with Crippen molar-refractivity contribution in [3.63, 3.8) is 0 Å². The van der Waals surface area contributed by atoms with E-state index in [0.29, 0.717) is 0 Å². The summed E-state index contributed by atoms with van der Waals surface area (Å²) in [6, 6.07) is 0. The Balaban J connectivity index is 0. The zero-order chi connectivity index (χ0) is 4.28. The molecule has 0 atom stereocenters. The largest absolute Gasteiger partial charge is 0.375 e. The van der Waals surface area contributed by atoms with Crippen molar-refractivity contribution in [1.29, 1.82) is 0 Å². The summed E-state index contributed by atoms with van der Waals surface area (Å²) in [6.45, 7) is 0. The van der Waals surface area contributed by atoms with Crippen LogP contribution in [-0.4, -0.2) is 5.11 Å². The van der Waals surface area contributed by atoms with Gasteiger partial charge in [-0.15, -0.1) is 0 Å². The Morgan fingerprint density at radius 1 is 1.67 bits per heavy atom. The molecule has 0 aliphatic carbocycles. The molecule has 5 heteroatoms. The first-order chi connectivity index (χ1) is 2.27. The van der Waals surface area contributed by atoms with E-state index in [1.54, 1.807) is 0 Å². The summed E-state index contributed by atoms with van der Waals surface area (Å²) in [5, 5.41) is 0.116. The number of thiocarbonyl (C=S) groups is 1. The molecular formula is CH5CdN3S. The molecule has 0 bridgehead atoms. The van der Waals surface area contributed by atoms with Gasteiger partial charge in [-0.2, -0.15) is 0 Å². The average molecular weight is 204 g/mol. The van der Waals surface area contributed by atoms with E-state index in [1.807, 2.05) is 5.43 Å². The first-order valence-corrected chi connectivity index (χ1v) is 1.44. The normalized spacial score (nSPS) is 5.50. The third-order valence-electron chi connectivity index (χ3n) is 0.142. The maximum absolute atomic E-state index is 4.79. The molecule has 0 aliphatic rings. The van der Waals surface area contributed by atoms with Crippen molar-refractivity contribution in [3.8, 4) is 0 Å². The Kier molecular flexibility index (Phi) is 9.07. The van der Waals surface area contributed by atoms with Crippen LogP contribution in [0.15, 0.2) is 0 Å².